The van der Waals surface area contributed by atoms with Crippen LogP contribution in [0.25, 0.3) is 20.4 Å². The van der Waals surface area contributed by atoms with E-state index in [0.29, 0.717) is 5.13 Å². The molecule has 1 amide bonds. The minimum absolute atomic E-state index is 0.0665. The van der Waals surface area contributed by atoms with Gasteiger partial charge in [-0.1, -0.05) is 29.5 Å². The quantitative estimate of drug-likeness (QED) is 0.488. The smallest absolute Gasteiger partial charge is 0.226 e. The van der Waals surface area contributed by atoms with E-state index in [1.165, 1.54) is 11.3 Å². The van der Waals surface area contributed by atoms with Gasteiger partial charge in [-0.3, -0.25) is 4.79 Å². The van der Waals surface area contributed by atoms with Crippen molar-refractivity contribution in [2.45, 2.75) is 24.7 Å². The number of thiazole rings is 2. The number of carbonyl (C=O) groups excluding carboxylic acids is 1. The van der Waals surface area contributed by atoms with Crippen LogP contribution in [0, 0.1) is 6.92 Å². The average molecular weight is 432 g/mol. The van der Waals surface area contributed by atoms with E-state index in [2.05, 4.69) is 15.3 Å². The largest absolute Gasteiger partial charge is 0.302 e. The molecule has 9 heteroatoms. The maximum atomic E-state index is 12.3. The van der Waals surface area contributed by atoms with Gasteiger partial charge >= 0.3 is 0 Å². The van der Waals surface area contributed by atoms with E-state index >= 15 is 0 Å². The Kier molecular flexibility index (Phi) is 5.13. The first kappa shape index (κ1) is 19.0. The van der Waals surface area contributed by atoms with Crippen LogP contribution >= 0.6 is 22.7 Å². The molecule has 4 aromatic rings. The second-order valence-electron chi connectivity index (χ2n) is 6.30. The summed E-state index contributed by atoms with van der Waals surface area (Å²) in [6, 6.07) is 12.2. The zero-order valence-corrected chi connectivity index (χ0v) is 17.5. The third-order valence-corrected chi connectivity index (χ3v) is 7.93. The highest BCUT2D eigenvalue weighted by Gasteiger charge is 2.16. The van der Waals surface area contributed by atoms with E-state index in [1.807, 2.05) is 19.1 Å². The van der Waals surface area contributed by atoms with Crippen molar-refractivity contribution in [2.75, 3.05) is 11.1 Å². The van der Waals surface area contributed by atoms with Crippen molar-refractivity contribution in [3.05, 3.63) is 47.5 Å². The van der Waals surface area contributed by atoms with E-state index in [9.17, 15) is 13.2 Å². The number of hydrogen-bond acceptors (Lipinski definition) is 7. The van der Waals surface area contributed by atoms with Gasteiger partial charge in [-0.05, 0) is 37.6 Å². The van der Waals surface area contributed by atoms with Gasteiger partial charge in [0, 0.05) is 6.42 Å². The molecule has 6 nitrogen and oxygen atoms in total. The van der Waals surface area contributed by atoms with Crippen molar-refractivity contribution in [3.63, 3.8) is 0 Å². The summed E-state index contributed by atoms with van der Waals surface area (Å²) in [4.78, 5) is 21.5. The molecule has 0 spiro atoms. The van der Waals surface area contributed by atoms with Crippen LogP contribution in [0.15, 0.2) is 47.4 Å². The van der Waals surface area contributed by atoms with Gasteiger partial charge in [0.1, 0.15) is 5.52 Å². The highest BCUT2D eigenvalue weighted by molar-refractivity contribution is 7.91. The summed E-state index contributed by atoms with van der Waals surface area (Å²) in [5, 5.41) is 4.27. The lowest BCUT2D eigenvalue weighted by molar-refractivity contribution is -0.116. The molecule has 28 heavy (non-hydrogen) atoms. The predicted octanol–water partition coefficient (Wildman–Crippen LogP) is 4.41. The van der Waals surface area contributed by atoms with Crippen molar-refractivity contribution in [1.82, 2.24) is 9.97 Å². The lowest BCUT2D eigenvalue weighted by Gasteiger charge is -2.04. The van der Waals surface area contributed by atoms with Gasteiger partial charge in [-0.2, -0.15) is 0 Å². The molecular formula is C19H17N3O3S3. The number of sulfone groups is 1. The lowest BCUT2D eigenvalue weighted by Crippen LogP contribution is -2.14. The minimum atomic E-state index is -3.37. The predicted molar refractivity (Wildman–Crippen MR) is 114 cm³/mol. The summed E-state index contributed by atoms with van der Waals surface area (Å²) in [6.45, 7) is 1.96. The maximum absolute atomic E-state index is 12.3. The van der Waals surface area contributed by atoms with Crippen molar-refractivity contribution in [1.29, 1.82) is 0 Å². The Balaban J connectivity index is 1.41. The fraction of sp³-hybridized carbons (Fsp3) is 0.211. The number of nitrogens with one attached hydrogen (secondary N) is 1. The molecule has 0 saturated carbocycles. The number of rotatable bonds is 6. The first-order valence-corrected chi connectivity index (χ1v) is 12.0. The first-order chi connectivity index (χ1) is 13.4. The fourth-order valence-electron chi connectivity index (χ4n) is 2.89. The molecule has 144 valence electrons. The molecule has 4 rings (SSSR count). The van der Waals surface area contributed by atoms with Crippen LogP contribution in [0.5, 0.6) is 0 Å². The number of nitrogens with zero attached hydrogens (tertiary/aromatic N) is 2. The van der Waals surface area contributed by atoms with Crippen LogP contribution in [-0.2, 0) is 14.6 Å². The number of fused-ring (bicyclic) bond motifs is 3. The van der Waals surface area contributed by atoms with Crippen LogP contribution in [0.3, 0.4) is 0 Å². The molecule has 0 atom stereocenters. The van der Waals surface area contributed by atoms with Crippen molar-refractivity contribution < 1.29 is 13.2 Å². The number of carbonyl (C=O) groups is 1. The molecular weight excluding hydrogens is 414 g/mol. The summed E-state index contributed by atoms with van der Waals surface area (Å²) < 4.78 is 26.6. The molecule has 0 radical (unpaired) electrons. The molecule has 0 aliphatic rings. The SMILES string of the molecule is Cc1nc2c(ccc3nc(NC(=O)CCCS(=O)(=O)c4ccccc4)sc32)s1. The zero-order valence-electron chi connectivity index (χ0n) is 15.0. The fourth-order valence-corrected chi connectivity index (χ4v) is 6.10. The second kappa shape index (κ2) is 7.57. The Morgan fingerprint density at radius 2 is 1.86 bits per heavy atom. The normalized spacial score (nSPS) is 11.9. The van der Waals surface area contributed by atoms with E-state index in [0.717, 1.165) is 25.4 Å². The average Bonchev–Trinajstić information content (AvgIpc) is 3.24. The maximum Gasteiger partial charge on any atom is 0.226 e. The summed E-state index contributed by atoms with van der Waals surface area (Å²) in [5.41, 5.74) is 1.71. The summed E-state index contributed by atoms with van der Waals surface area (Å²) in [6.07, 6.45) is 0.372. The van der Waals surface area contributed by atoms with Crippen LogP contribution in [-0.4, -0.2) is 30.0 Å². The molecule has 2 aromatic carbocycles. The Morgan fingerprint density at radius 1 is 1.07 bits per heavy atom. The van der Waals surface area contributed by atoms with Crippen molar-refractivity contribution >= 4 is 64.0 Å². The highest BCUT2D eigenvalue weighted by Crippen LogP contribution is 2.34. The molecule has 0 aliphatic heterocycles. The zero-order chi connectivity index (χ0) is 19.7. The van der Waals surface area contributed by atoms with Crippen LogP contribution in [0.1, 0.15) is 17.8 Å². The lowest BCUT2D eigenvalue weighted by atomic mass is 10.3. The van der Waals surface area contributed by atoms with E-state index in [1.54, 1.807) is 41.7 Å². The topological polar surface area (TPSA) is 89.0 Å². The Labute approximate surface area is 170 Å². The number of benzene rings is 2. The number of aromatic nitrogens is 2. The molecule has 2 aromatic heterocycles. The standard InChI is InChI=1S/C19H17N3O3S3/c1-12-20-17-15(26-12)10-9-14-18(17)27-19(21-14)22-16(23)8-5-11-28(24,25)13-6-3-2-4-7-13/h2-4,6-7,9-10H,5,8,11H2,1H3,(H,21,22,23). The van der Waals surface area contributed by atoms with Gasteiger partial charge in [-0.15, -0.1) is 11.3 Å². The molecule has 1 N–H and O–H groups in total. The van der Waals surface area contributed by atoms with E-state index in [-0.39, 0.29) is 29.4 Å². The summed E-state index contributed by atoms with van der Waals surface area (Å²) >= 11 is 3.01. The molecule has 0 aliphatic carbocycles. The van der Waals surface area contributed by atoms with Crippen molar-refractivity contribution in [3.8, 4) is 0 Å². The number of anilines is 1. The molecule has 0 bridgehead atoms. The Bertz CT molecular complexity index is 1260. The molecule has 0 unspecified atom stereocenters. The Morgan fingerprint density at radius 3 is 2.64 bits per heavy atom. The van der Waals surface area contributed by atoms with Gasteiger partial charge in [0.05, 0.1) is 30.6 Å². The summed E-state index contributed by atoms with van der Waals surface area (Å²) in [7, 11) is -3.37. The second-order valence-corrected chi connectivity index (χ2v) is 10.6. The summed E-state index contributed by atoms with van der Waals surface area (Å²) in [5.74, 6) is -0.309. The van der Waals surface area contributed by atoms with Crippen LogP contribution < -0.4 is 5.32 Å². The van der Waals surface area contributed by atoms with E-state index in [4.69, 9.17) is 0 Å². The van der Waals surface area contributed by atoms with Gasteiger partial charge in [-0.25, -0.2) is 18.4 Å². The Hall–Kier alpha value is -2.36. The van der Waals surface area contributed by atoms with Gasteiger partial charge in [0.25, 0.3) is 0 Å². The monoisotopic (exact) mass is 431 g/mol. The number of aryl methyl sites for hydroxylation is 1. The van der Waals surface area contributed by atoms with E-state index < -0.39 is 9.84 Å². The van der Waals surface area contributed by atoms with Crippen LogP contribution in [0.4, 0.5) is 5.13 Å². The van der Waals surface area contributed by atoms with Crippen molar-refractivity contribution in [2.24, 2.45) is 0 Å². The molecule has 0 saturated heterocycles. The first-order valence-electron chi connectivity index (χ1n) is 8.67. The minimum Gasteiger partial charge on any atom is -0.302 e. The van der Waals surface area contributed by atoms with Crippen LogP contribution in [0.2, 0.25) is 0 Å². The molecule has 2 heterocycles. The number of hydrogen-bond donors (Lipinski definition) is 1. The van der Waals surface area contributed by atoms with Gasteiger partial charge in [0.15, 0.2) is 15.0 Å². The van der Waals surface area contributed by atoms with Gasteiger partial charge < -0.3 is 5.32 Å². The number of amides is 1. The third kappa shape index (κ3) is 3.91. The highest BCUT2D eigenvalue weighted by atomic mass is 32.2. The molecule has 0 fully saturated rings. The van der Waals surface area contributed by atoms with Gasteiger partial charge in [0.2, 0.25) is 5.91 Å². The third-order valence-electron chi connectivity index (χ3n) is 4.19.